The Morgan fingerprint density at radius 2 is 1.64 bits per heavy atom. The molecule has 0 heteroatoms. The van der Waals surface area contributed by atoms with Gasteiger partial charge in [0.1, 0.15) is 0 Å². The molecule has 0 saturated heterocycles. The van der Waals surface area contributed by atoms with Crippen LogP contribution in [0.15, 0.2) is 18.2 Å². The first-order valence-corrected chi connectivity index (χ1v) is 3.81. The van der Waals surface area contributed by atoms with E-state index in [0.29, 0.717) is 0 Å². The van der Waals surface area contributed by atoms with Gasteiger partial charge < -0.3 is 0 Å². The van der Waals surface area contributed by atoms with E-state index >= 15 is 0 Å². The molecule has 11 heavy (non-hydrogen) atoms. The third kappa shape index (κ3) is 2.23. The van der Waals surface area contributed by atoms with Crippen molar-refractivity contribution in [2.75, 3.05) is 0 Å². The Kier molecular flexibility index (Phi) is 2.48. The Morgan fingerprint density at radius 1 is 1.09 bits per heavy atom. The zero-order valence-corrected chi connectivity index (χ0v) is 7.31. The van der Waals surface area contributed by atoms with Crippen molar-refractivity contribution in [1.82, 2.24) is 0 Å². The lowest BCUT2D eigenvalue weighted by Gasteiger charge is -1.98. The Morgan fingerprint density at radius 3 is 2.09 bits per heavy atom. The molecule has 0 aliphatic carbocycles. The Bertz CT molecular complexity index is 249. The van der Waals surface area contributed by atoms with Crippen molar-refractivity contribution in [2.24, 2.45) is 0 Å². The predicted octanol–water partition coefficient (Wildman–Crippen LogP) is 3.14. The van der Waals surface area contributed by atoms with E-state index in [9.17, 15) is 0 Å². The van der Waals surface area contributed by atoms with E-state index in [2.05, 4.69) is 38.1 Å². The summed E-state index contributed by atoms with van der Waals surface area (Å²) in [6.45, 7) is 6.14. The molecular weight excluding hydrogens is 132 g/mol. The molecule has 0 fully saturated rings. The van der Waals surface area contributed by atoms with Gasteiger partial charge in [-0.3, -0.25) is 0 Å². The molecule has 1 rings (SSSR count). The van der Waals surface area contributed by atoms with E-state index in [1.807, 2.05) is 13.0 Å². The van der Waals surface area contributed by atoms with E-state index in [0.717, 1.165) is 0 Å². The average Bonchev–Trinajstić information content (AvgIpc) is 1.85. The molecule has 1 aromatic rings. The van der Waals surface area contributed by atoms with Gasteiger partial charge >= 0.3 is 0 Å². The maximum absolute atomic E-state index is 3.01. The van der Waals surface area contributed by atoms with Gasteiger partial charge in [0.05, 0.1) is 0 Å². The molecule has 1 aromatic carbocycles. The molecule has 0 N–H and O–H groups in total. The first-order valence-electron chi connectivity index (χ1n) is 3.81. The average molecular weight is 145 g/mol. The van der Waals surface area contributed by atoms with Crippen LogP contribution >= 0.6 is 0 Å². The Labute approximate surface area is 68.6 Å². The van der Waals surface area contributed by atoms with Gasteiger partial charge in [-0.25, -0.2) is 0 Å². The summed E-state index contributed by atoms with van der Waals surface area (Å²) in [5, 5.41) is 0. The highest BCUT2D eigenvalue weighted by Crippen LogP contribution is 2.09. The molecule has 0 saturated carbocycles. The molecule has 0 unspecified atom stereocenters. The number of aryl methyl sites for hydroxylation is 2. The monoisotopic (exact) mass is 145 g/mol. The van der Waals surface area contributed by atoms with Crippen LogP contribution in [-0.2, 0) is 0 Å². The molecule has 0 bridgehead atoms. The van der Waals surface area contributed by atoms with E-state index < -0.39 is 0 Å². The van der Waals surface area contributed by atoms with Crippen LogP contribution in [0.25, 0.3) is 6.08 Å². The molecule has 57 valence electrons. The highest BCUT2D eigenvalue weighted by atomic mass is 14.0. The molecule has 0 atom stereocenters. The quantitative estimate of drug-likeness (QED) is 0.569. The SMILES string of the molecule is C[C]=Cc1cc(C)cc(C)c1. The van der Waals surface area contributed by atoms with Crippen molar-refractivity contribution in [3.8, 4) is 0 Å². The summed E-state index contributed by atoms with van der Waals surface area (Å²) < 4.78 is 0. The van der Waals surface area contributed by atoms with Gasteiger partial charge in [0.2, 0.25) is 0 Å². The number of benzene rings is 1. The second kappa shape index (κ2) is 3.38. The fourth-order valence-electron chi connectivity index (χ4n) is 1.26. The number of rotatable bonds is 1. The van der Waals surface area contributed by atoms with E-state index in [4.69, 9.17) is 0 Å². The lowest BCUT2D eigenvalue weighted by atomic mass is 10.1. The van der Waals surface area contributed by atoms with Crippen LogP contribution in [0.2, 0.25) is 0 Å². The summed E-state index contributed by atoms with van der Waals surface area (Å²) in [7, 11) is 0. The van der Waals surface area contributed by atoms with Crippen molar-refractivity contribution < 1.29 is 0 Å². The van der Waals surface area contributed by atoms with Crippen molar-refractivity contribution in [2.45, 2.75) is 20.8 Å². The Hall–Kier alpha value is -1.04. The van der Waals surface area contributed by atoms with Crippen molar-refractivity contribution in [3.05, 3.63) is 41.0 Å². The van der Waals surface area contributed by atoms with Crippen LogP contribution in [0.1, 0.15) is 23.6 Å². The molecule has 1 radical (unpaired) electrons. The highest BCUT2D eigenvalue weighted by Gasteiger charge is 1.90. The van der Waals surface area contributed by atoms with Crippen LogP contribution < -0.4 is 0 Å². The van der Waals surface area contributed by atoms with Crippen LogP contribution in [0.3, 0.4) is 0 Å². The van der Waals surface area contributed by atoms with E-state index in [-0.39, 0.29) is 0 Å². The maximum atomic E-state index is 3.01. The predicted molar refractivity (Wildman–Crippen MR) is 49.3 cm³/mol. The minimum Gasteiger partial charge on any atom is -0.0563 e. The van der Waals surface area contributed by atoms with Gasteiger partial charge in [-0.1, -0.05) is 35.4 Å². The van der Waals surface area contributed by atoms with Gasteiger partial charge in [-0.2, -0.15) is 0 Å². The molecule has 0 aromatic heterocycles. The third-order valence-corrected chi connectivity index (χ3v) is 1.56. The first-order chi connectivity index (χ1) is 5.22. The summed E-state index contributed by atoms with van der Waals surface area (Å²) in [6, 6.07) is 6.49. The summed E-state index contributed by atoms with van der Waals surface area (Å²) >= 11 is 0. The minimum atomic E-state index is 1.24. The van der Waals surface area contributed by atoms with E-state index in [1.54, 1.807) is 0 Å². The standard InChI is InChI=1S/C11H13/c1-4-5-11-7-9(2)6-10(3)8-11/h5-8H,1-3H3. The summed E-state index contributed by atoms with van der Waals surface area (Å²) in [5.41, 5.74) is 3.86. The van der Waals surface area contributed by atoms with Gasteiger partial charge in [-0.05, 0) is 32.4 Å². The molecule has 0 aliphatic heterocycles. The lowest BCUT2D eigenvalue weighted by molar-refractivity contribution is 1.37. The fourth-order valence-corrected chi connectivity index (χ4v) is 1.26. The van der Waals surface area contributed by atoms with Crippen LogP contribution in [0.4, 0.5) is 0 Å². The molecule has 0 heterocycles. The van der Waals surface area contributed by atoms with Crippen molar-refractivity contribution >= 4 is 6.08 Å². The third-order valence-electron chi connectivity index (χ3n) is 1.56. The number of hydrogen-bond acceptors (Lipinski definition) is 0. The topological polar surface area (TPSA) is 0 Å². The first kappa shape index (κ1) is 8.06. The normalized spacial score (nSPS) is 10.8. The molecule has 0 nitrogen and oxygen atoms in total. The van der Waals surface area contributed by atoms with Gasteiger partial charge in [0.15, 0.2) is 0 Å². The molecule has 0 aliphatic rings. The Balaban J connectivity index is 3.08. The second-order valence-electron chi connectivity index (χ2n) is 2.85. The maximum Gasteiger partial charge on any atom is -0.0249 e. The summed E-state index contributed by atoms with van der Waals surface area (Å²) in [5.74, 6) is 0. The van der Waals surface area contributed by atoms with Crippen LogP contribution in [0, 0.1) is 19.9 Å². The lowest BCUT2D eigenvalue weighted by Crippen LogP contribution is -1.79. The van der Waals surface area contributed by atoms with Gasteiger partial charge in [-0.15, -0.1) is 0 Å². The number of hydrogen-bond donors (Lipinski definition) is 0. The zero-order valence-electron chi connectivity index (χ0n) is 7.31. The van der Waals surface area contributed by atoms with Gasteiger partial charge in [0, 0.05) is 0 Å². The van der Waals surface area contributed by atoms with Crippen LogP contribution in [-0.4, -0.2) is 0 Å². The minimum absolute atomic E-state index is 1.24. The highest BCUT2D eigenvalue weighted by molar-refractivity contribution is 5.49. The zero-order chi connectivity index (χ0) is 8.27. The second-order valence-corrected chi connectivity index (χ2v) is 2.85. The van der Waals surface area contributed by atoms with E-state index in [1.165, 1.54) is 16.7 Å². The smallest absolute Gasteiger partial charge is 0.0249 e. The summed E-state index contributed by atoms with van der Waals surface area (Å²) in [4.78, 5) is 0. The van der Waals surface area contributed by atoms with Crippen molar-refractivity contribution in [3.63, 3.8) is 0 Å². The van der Waals surface area contributed by atoms with Crippen molar-refractivity contribution in [1.29, 1.82) is 0 Å². The summed E-state index contributed by atoms with van der Waals surface area (Å²) in [6.07, 6.45) is 5.01. The molecule has 0 amide bonds. The fraction of sp³-hybridized carbons (Fsp3) is 0.273. The number of allylic oxidation sites excluding steroid dienone is 1. The van der Waals surface area contributed by atoms with Crippen LogP contribution in [0.5, 0.6) is 0 Å². The van der Waals surface area contributed by atoms with Gasteiger partial charge in [0.25, 0.3) is 0 Å². The molecular formula is C11H13. The molecule has 0 spiro atoms. The largest absolute Gasteiger partial charge is 0.0563 e.